The fraction of sp³-hybridized carbons (Fsp3) is 0.550. The second-order valence-corrected chi connectivity index (χ2v) is 12.9. The number of nitrogens with one attached hydrogen (secondary N) is 1. The van der Waals surface area contributed by atoms with Gasteiger partial charge in [0, 0.05) is 37.6 Å². The normalized spacial score (nSPS) is 13.3. The molecule has 1 aromatic rings. The van der Waals surface area contributed by atoms with Crippen molar-refractivity contribution in [2.75, 3.05) is 26.9 Å². The minimum atomic E-state index is -2.82. The fourth-order valence-electron chi connectivity index (χ4n) is 2.14. The van der Waals surface area contributed by atoms with Gasteiger partial charge in [-0.15, -0.1) is 0 Å². The third-order valence-corrected chi connectivity index (χ3v) is 8.58. The summed E-state index contributed by atoms with van der Waals surface area (Å²) >= 11 is 10.4. The van der Waals surface area contributed by atoms with Gasteiger partial charge in [-0.2, -0.15) is 0 Å². The first kappa shape index (κ1) is 33.6. The highest BCUT2D eigenvalue weighted by atomic mass is 32.5. The molecule has 35 heavy (non-hydrogen) atoms. The summed E-state index contributed by atoms with van der Waals surface area (Å²) < 4.78 is 31.6. The lowest BCUT2D eigenvalue weighted by atomic mass is 10.3. The van der Waals surface area contributed by atoms with E-state index in [9.17, 15) is 14.9 Å². The molecule has 0 bridgehead atoms. The highest BCUT2D eigenvalue weighted by molar-refractivity contribution is 8.09. The molecule has 0 aliphatic carbocycles. The molecule has 1 rings (SSSR count). The molecule has 0 aliphatic rings. The summed E-state index contributed by atoms with van der Waals surface area (Å²) in [5.74, 6) is 0.319. The quantitative estimate of drug-likeness (QED) is 0.0743. The monoisotopic (exact) mass is 572 g/mol. The number of nitrogens with zero attached hydrogens (tertiary/aromatic N) is 1. The number of hydrogen-bond donors (Lipinski definition) is 1. The van der Waals surface area contributed by atoms with Gasteiger partial charge < -0.3 is 18.3 Å². The zero-order valence-electron chi connectivity index (χ0n) is 20.9. The smallest absolute Gasteiger partial charge is 0.380 e. The summed E-state index contributed by atoms with van der Waals surface area (Å²) in [4.78, 5) is 21.4. The molecule has 0 aromatic heterocycles. The van der Waals surface area contributed by atoms with E-state index in [-0.39, 0.29) is 11.8 Å². The van der Waals surface area contributed by atoms with E-state index in [1.807, 2.05) is 6.92 Å². The number of carbonyl (C=O) groups excluding carboxylic acids is 1. The number of ether oxygens (including phenoxy) is 1. The second-order valence-electron chi connectivity index (χ2n) is 6.65. The molecule has 0 aliphatic heterocycles. The summed E-state index contributed by atoms with van der Waals surface area (Å²) in [6, 6.07) is 5.62. The molecular formula is C20H34N2O9P2S2. The topological polar surface area (TPSA) is 128 Å². The predicted molar refractivity (Wildman–Crippen MR) is 142 cm³/mol. The van der Waals surface area contributed by atoms with E-state index in [0.717, 1.165) is 0 Å². The largest absolute Gasteiger partial charge is 0.460 e. The molecule has 0 radical (unpaired) electrons. The van der Waals surface area contributed by atoms with Crippen LogP contribution < -0.4 is 9.61 Å². The van der Waals surface area contributed by atoms with Crippen LogP contribution >= 0.6 is 13.4 Å². The number of allylic oxidation sites excluding steroid dienone is 1. The lowest BCUT2D eigenvalue weighted by Gasteiger charge is -2.21. The molecule has 1 atom stereocenters. The van der Waals surface area contributed by atoms with Gasteiger partial charge in [-0.1, -0.05) is 6.92 Å². The highest BCUT2D eigenvalue weighted by Crippen LogP contribution is 2.49. The third-order valence-electron chi connectivity index (χ3n) is 3.37. The Balaban J connectivity index is 0.000000662. The van der Waals surface area contributed by atoms with Crippen molar-refractivity contribution in [3.8, 4) is 5.75 Å². The van der Waals surface area contributed by atoms with Gasteiger partial charge in [0.25, 0.3) is 5.69 Å². The minimum absolute atomic E-state index is 0.0107. The van der Waals surface area contributed by atoms with E-state index in [0.29, 0.717) is 31.3 Å². The van der Waals surface area contributed by atoms with Crippen molar-refractivity contribution < 1.29 is 37.1 Å². The molecule has 1 aromatic carbocycles. The predicted octanol–water partition coefficient (Wildman–Crippen LogP) is 5.61. The van der Waals surface area contributed by atoms with Gasteiger partial charge >= 0.3 is 19.3 Å². The minimum Gasteiger partial charge on any atom is -0.460 e. The van der Waals surface area contributed by atoms with Gasteiger partial charge in [0.1, 0.15) is 11.5 Å². The molecule has 1 N–H and O–H groups in total. The first-order valence-electron chi connectivity index (χ1n) is 10.7. The standard InChI is InChI=1S/C10H14NO5PS.C10H20NO4PS/c1-3-14-17(18,15-4-2)16-10-7-5-9(6-8-10)11(12)13;1-6-11-16(17,13-5)15-9(4)7-10(12)14-8(2)3/h5-8H,3-4H2,1-2H3;7-8H,6H2,1-5H3,(H,11,17)/b;9-7+. The van der Waals surface area contributed by atoms with Gasteiger partial charge in [-0.25, -0.2) is 9.88 Å². The van der Waals surface area contributed by atoms with Crippen molar-refractivity contribution in [3.05, 3.63) is 46.2 Å². The number of esters is 1. The van der Waals surface area contributed by atoms with Gasteiger partial charge in [0.2, 0.25) is 0 Å². The van der Waals surface area contributed by atoms with Crippen LogP contribution in [-0.2, 0) is 51.2 Å². The lowest BCUT2D eigenvalue weighted by molar-refractivity contribution is -0.384. The third kappa shape index (κ3) is 14.7. The van der Waals surface area contributed by atoms with Crippen molar-refractivity contribution in [2.45, 2.75) is 47.6 Å². The maximum Gasteiger partial charge on any atom is 0.380 e. The highest BCUT2D eigenvalue weighted by Gasteiger charge is 2.21. The molecule has 0 fully saturated rings. The van der Waals surface area contributed by atoms with E-state index in [4.69, 9.17) is 51.0 Å². The number of nitro benzene ring substituents is 1. The van der Waals surface area contributed by atoms with E-state index in [1.165, 1.54) is 37.5 Å². The van der Waals surface area contributed by atoms with Crippen LogP contribution in [-0.4, -0.2) is 43.9 Å². The zero-order chi connectivity index (χ0) is 27.1. The Labute approximate surface area is 217 Å². The maximum absolute atomic E-state index is 11.3. The number of benzene rings is 1. The first-order valence-corrected chi connectivity index (χ1v) is 15.9. The SMILES string of the molecule is CCNP(=S)(OC)O/C(C)=C/C(=O)OC(C)C.CCOP(=S)(OCC)Oc1ccc([N+](=O)[O-])cc1. The Morgan fingerprint density at radius 3 is 2.09 bits per heavy atom. The second kappa shape index (κ2) is 17.1. The number of hydrogen-bond acceptors (Lipinski definition) is 11. The molecule has 11 nitrogen and oxygen atoms in total. The van der Waals surface area contributed by atoms with E-state index in [1.54, 1.807) is 34.6 Å². The lowest BCUT2D eigenvalue weighted by Crippen LogP contribution is -2.13. The van der Waals surface area contributed by atoms with E-state index < -0.39 is 24.3 Å². The van der Waals surface area contributed by atoms with Crippen molar-refractivity contribution >= 4 is 48.6 Å². The Bertz CT molecular complexity index is 918. The van der Waals surface area contributed by atoms with Crippen molar-refractivity contribution in [2.24, 2.45) is 0 Å². The fourth-order valence-corrected chi connectivity index (χ4v) is 6.05. The van der Waals surface area contributed by atoms with E-state index in [2.05, 4.69) is 5.09 Å². The average Bonchev–Trinajstić information content (AvgIpc) is 2.74. The van der Waals surface area contributed by atoms with E-state index >= 15 is 0 Å². The average molecular weight is 573 g/mol. The Morgan fingerprint density at radius 2 is 1.69 bits per heavy atom. The molecule has 0 spiro atoms. The summed E-state index contributed by atoms with van der Waals surface area (Å²) in [5.41, 5.74) is -0.0107. The molecular weight excluding hydrogens is 538 g/mol. The molecule has 0 saturated carbocycles. The van der Waals surface area contributed by atoms with Gasteiger partial charge in [-0.05, 0) is 58.6 Å². The molecule has 200 valence electrons. The summed E-state index contributed by atoms with van der Waals surface area (Å²) in [6.07, 6.45) is 1.10. The van der Waals surface area contributed by atoms with Crippen molar-refractivity contribution in [1.82, 2.24) is 5.09 Å². The molecule has 15 heteroatoms. The molecule has 0 amide bonds. The zero-order valence-corrected chi connectivity index (χ0v) is 24.3. The number of non-ortho nitro benzene ring substituents is 1. The van der Waals surface area contributed by atoms with Crippen LogP contribution in [0.3, 0.4) is 0 Å². The number of nitro groups is 1. The maximum atomic E-state index is 11.3. The van der Waals surface area contributed by atoms with Crippen LogP contribution in [0.4, 0.5) is 5.69 Å². The first-order chi connectivity index (χ1) is 16.3. The Hall–Kier alpha value is -1.43. The summed E-state index contributed by atoms with van der Waals surface area (Å²) in [7, 11) is 1.48. The summed E-state index contributed by atoms with van der Waals surface area (Å²) in [6.45, 7) is 6.71. The summed E-state index contributed by atoms with van der Waals surface area (Å²) in [5, 5.41) is 13.4. The molecule has 0 heterocycles. The van der Waals surface area contributed by atoms with Crippen molar-refractivity contribution in [1.29, 1.82) is 0 Å². The van der Waals surface area contributed by atoms with Crippen LogP contribution in [0.15, 0.2) is 36.1 Å². The van der Waals surface area contributed by atoms with Crippen LogP contribution in [0.25, 0.3) is 0 Å². The van der Waals surface area contributed by atoms with Gasteiger partial charge in [0.05, 0.1) is 30.3 Å². The molecule has 0 saturated heterocycles. The van der Waals surface area contributed by atoms with Crippen LogP contribution in [0.1, 0.15) is 41.5 Å². The van der Waals surface area contributed by atoms with Gasteiger partial charge in [0.15, 0.2) is 0 Å². The van der Waals surface area contributed by atoms with Crippen LogP contribution in [0.2, 0.25) is 0 Å². The van der Waals surface area contributed by atoms with Crippen LogP contribution in [0, 0.1) is 10.1 Å². The number of rotatable bonds is 14. The number of carbonyl (C=O) groups is 1. The van der Waals surface area contributed by atoms with Crippen LogP contribution in [0.5, 0.6) is 5.75 Å². The van der Waals surface area contributed by atoms with Crippen molar-refractivity contribution in [3.63, 3.8) is 0 Å². The molecule has 1 unspecified atom stereocenters. The Kier molecular flexibility index (Phi) is 16.4. The Morgan fingerprint density at radius 1 is 1.14 bits per heavy atom. The van der Waals surface area contributed by atoms with Gasteiger partial charge in [-0.3, -0.25) is 19.2 Å².